The summed E-state index contributed by atoms with van der Waals surface area (Å²) in [6.45, 7) is 2.23. The number of nitrogens with one attached hydrogen (secondary N) is 1. The van der Waals surface area contributed by atoms with Crippen LogP contribution in [0.1, 0.15) is 40.7 Å². The van der Waals surface area contributed by atoms with Crippen molar-refractivity contribution in [2.24, 2.45) is 0 Å². The van der Waals surface area contributed by atoms with Gasteiger partial charge in [-0.15, -0.1) is 0 Å². The quantitative estimate of drug-likeness (QED) is 0.424. The number of benzene rings is 1. The Hall–Kier alpha value is -3.63. The standard InChI is InChI=1S/C25H25N3O4/c29-23-12-11-22(24(30)26-23)28-18-21-19(9-7-10-20(21)25(28)31)8-3-6-16-32-17-15-27-13-4-1-2-5-14-27/h1-2,4-5,7,9-10,13-14,22H,6,11-12,15-18H2,(H,26,29,30). The first-order chi connectivity index (χ1) is 15.6. The molecule has 0 spiro atoms. The summed E-state index contributed by atoms with van der Waals surface area (Å²) in [6.07, 6.45) is 13.1. The van der Waals surface area contributed by atoms with Gasteiger partial charge in [0.25, 0.3) is 5.91 Å². The van der Waals surface area contributed by atoms with Crippen LogP contribution in [0, 0.1) is 11.8 Å². The lowest BCUT2D eigenvalue weighted by molar-refractivity contribution is -0.136. The molecule has 1 atom stereocenters. The van der Waals surface area contributed by atoms with E-state index in [0.717, 1.165) is 17.7 Å². The van der Waals surface area contributed by atoms with Gasteiger partial charge in [0.15, 0.2) is 0 Å². The topological polar surface area (TPSA) is 79.0 Å². The van der Waals surface area contributed by atoms with E-state index in [9.17, 15) is 14.4 Å². The predicted molar refractivity (Wildman–Crippen MR) is 119 cm³/mol. The molecule has 32 heavy (non-hydrogen) atoms. The van der Waals surface area contributed by atoms with Gasteiger partial charge in [-0.3, -0.25) is 19.7 Å². The van der Waals surface area contributed by atoms with E-state index in [4.69, 9.17) is 4.74 Å². The zero-order valence-corrected chi connectivity index (χ0v) is 17.8. The minimum atomic E-state index is -0.619. The first kappa shape index (κ1) is 21.6. The third-order valence-corrected chi connectivity index (χ3v) is 5.56. The first-order valence-electron chi connectivity index (χ1n) is 10.7. The molecular formula is C25H25N3O4. The number of imide groups is 1. The fraction of sp³-hybridized carbons (Fsp3) is 0.320. The summed E-state index contributed by atoms with van der Waals surface area (Å²) in [5, 5.41) is 2.32. The number of ether oxygens (including phenoxy) is 1. The van der Waals surface area contributed by atoms with Crippen molar-refractivity contribution >= 4 is 17.7 Å². The van der Waals surface area contributed by atoms with Gasteiger partial charge in [0.1, 0.15) is 6.04 Å². The van der Waals surface area contributed by atoms with Crippen LogP contribution in [-0.4, -0.2) is 53.3 Å². The molecule has 1 saturated heterocycles. The second-order valence-electron chi connectivity index (χ2n) is 7.70. The summed E-state index contributed by atoms with van der Waals surface area (Å²) in [6, 6.07) is 4.84. The van der Waals surface area contributed by atoms with Crippen LogP contribution in [-0.2, 0) is 20.9 Å². The largest absolute Gasteiger partial charge is 0.379 e. The molecule has 1 unspecified atom stereocenters. The zero-order valence-electron chi connectivity index (χ0n) is 17.8. The van der Waals surface area contributed by atoms with E-state index < -0.39 is 11.9 Å². The molecule has 3 aliphatic rings. The Kier molecular flexibility index (Phi) is 6.83. The monoisotopic (exact) mass is 431 g/mol. The number of fused-ring (bicyclic) bond motifs is 1. The van der Waals surface area contributed by atoms with Crippen LogP contribution in [0.4, 0.5) is 0 Å². The van der Waals surface area contributed by atoms with Crippen molar-refractivity contribution in [3.63, 3.8) is 0 Å². The molecule has 0 bridgehead atoms. The predicted octanol–water partition coefficient (Wildman–Crippen LogP) is 2.10. The van der Waals surface area contributed by atoms with E-state index in [2.05, 4.69) is 22.1 Å². The van der Waals surface area contributed by atoms with Gasteiger partial charge in [0, 0.05) is 49.5 Å². The molecule has 4 rings (SSSR count). The van der Waals surface area contributed by atoms with E-state index >= 15 is 0 Å². The Labute approximate surface area is 187 Å². The van der Waals surface area contributed by atoms with Gasteiger partial charge in [-0.1, -0.05) is 30.1 Å². The first-order valence-corrected chi connectivity index (χ1v) is 10.7. The molecule has 3 heterocycles. The number of rotatable bonds is 6. The number of hydrogen-bond donors (Lipinski definition) is 1. The van der Waals surface area contributed by atoms with Gasteiger partial charge in [-0.2, -0.15) is 0 Å². The summed E-state index contributed by atoms with van der Waals surface area (Å²) < 4.78 is 5.68. The van der Waals surface area contributed by atoms with Crippen molar-refractivity contribution in [2.45, 2.75) is 31.8 Å². The molecule has 0 aromatic heterocycles. The number of carbonyl (C=O) groups excluding carboxylic acids is 3. The maximum atomic E-state index is 12.9. The number of piperidine rings is 1. The fourth-order valence-corrected chi connectivity index (χ4v) is 3.90. The average Bonchev–Trinajstić information content (AvgIpc) is 2.95. The van der Waals surface area contributed by atoms with Crippen molar-refractivity contribution in [3.05, 3.63) is 71.6 Å². The average molecular weight is 431 g/mol. The number of amides is 3. The Morgan fingerprint density at radius 3 is 2.66 bits per heavy atom. The molecule has 0 saturated carbocycles. The van der Waals surface area contributed by atoms with E-state index in [1.807, 2.05) is 48.8 Å². The number of hydrogen-bond acceptors (Lipinski definition) is 5. The van der Waals surface area contributed by atoms with Gasteiger partial charge < -0.3 is 14.5 Å². The molecule has 0 radical (unpaired) electrons. The minimum Gasteiger partial charge on any atom is -0.379 e. The Morgan fingerprint density at radius 2 is 1.88 bits per heavy atom. The van der Waals surface area contributed by atoms with Crippen molar-refractivity contribution in [3.8, 4) is 11.8 Å². The van der Waals surface area contributed by atoms with Gasteiger partial charge in [-0.05, 0) is 36.3 Å². The number of nitrogens with zero attached hydrogens (tertiary/aromatic N) is 2. The van der Waals surface area contributed by atoms with E-state index in [0.29, 0.717) is 38.2 Å². The zero-order chi connectivity index (χ0) is 22.3. The molecule has 7 heteroatoms. The molecule has 7 nitrogen and oxygen atoms in total. The second kappa shape index (κ2) is 10.1. The Balaban J connectivity index is 1.30. The lowest BCUT2D eigenvalue weighted by Crippen LogP contribution is -2.52. The lowest BCUT2D eigenvalue weighted by atomic mass is 10.0. The van der Waals surface area contributed by atoms with Crippen LogP contribution in [0.3, 0.4) is 0 Å². The number of carbonyl (C=O) groups is 3. The Morgan fingerprint density at radius 1 is 1.06 bits per heavy atom. The summed E-state index contributed by atoms with van der Waals surface area (Å²) in [7, 11) is 0. The van der Waals surface area contributed by atoms with Crippen LogP contribution in [0.25, 0.3) is 0 Å². The SMILES string of the molecule is O=C1CCC(N2Cc3c(C#CCCOCCN4C=CC=CC=C4)cccc3C2=O)C(=O)N1. The summed E-state index contributed by atoms with van der Waals surface area (Å²) >= 11 is 0. The van der Waals surface area contributed by atoms with E-state index in [1.165, 1.54) is 0 Å². The van der Waals surface area contributed by atoms with Crippen molar-refractivity contribution < 1.29 is 19.1 Å². The molecule has 1 aromatic carbocycles. The maximum absolute atomic E-state index is 12.9. The van der Waals surface area contributed by atoms with Crippen LogP contribution >= 0.6 is 0 Å². The van der Waals surface area contributed by atoms with Crippen molar-refractivity contribution in [1.82, 2.24) is 15.1 Å². The molecule has 3 amide bonds. The van der Waals surface area contributed by atoms with Crippen LogP contribution in [0.2, 0.25) is 0 Å². The normalized spacial score (nSPS) is 19.5. The number of allylic oxidation sites excluding steroid dienone is 4. The van der Waals surface area contributed by atoms with E-state index in [1.54, 1.807) is 11.0 Å². The van der Waals surface area contributed by atoms with Crippen LogP contribution < -0.4 is 5.32 Å². The molecule has 0 aliphatic carbocycles. The molecular weight excluding hydrogens is 406 g/mol. The summed E-state index contributed by atoms with van der Waals surface area (Å²) in [4.78, 5) is 40.1. The molecule has 1 fully saturated rings. The van der Waals surface area contributed by atoms with Crippen molar-refractivity contribution in [1.29, 1.82) is 0 Å². The highest BCUT2D eigenvalue weighted by molar-refractivity contribution is 6.05. The smallest absolute Gasteiger partial charge is 0.255 e. The van der Waals surface area contributed by atoms with E-state index in [-0.39, 0.29) is 18.2 Å². The van der Waals surface area contributed by atoms with Crippen LogP contribution in [0.5, 0.6) is 0 Å². The maximum Gasteiger partial charge on any atom is 0.255 e. The fourth-order valence-electron chi connectivity index (χ4n) is 3.90. The minimum absolute atomic E-state index is 0.187. The molecule has 1 N–H and O–H groups in total. The third-order valence-electron chi connectivity index (χ3n) is 5.56. The molecule has 3 aliphatic heterocycles. The van der Waals surface area contributed by atoms with Gasteiger partial charge in [0.2, 0.25) is 11.8 Å². The highest BCUT2D eigenvalue weighted by atomic mass is 16.5. The third kappa shape index (κ3) is 4.98. The highest BCUT2D eigenvalue weighted by Gasteiger charge is 2.39. The Bertz CT molecular complexity index is 1040. The molecule has 164 valence electrons. The van der Waals surface area contributed by atoms with Gasteiger partial charge >= 0.3 is 0 Å². The summed E-state index contributed by atoms with van der Waals surface area (Å²) in [5.41, 5.74) is 2.20. The summed E-state index contributed by atoms with van der Waals surface area (Å²) in [5.74, 6) is 5.39. The van der Waals surface area contributed by atoms with Gasteiger partial charge in [-0.25, -0.2) is 0 Å². The van der Waals surface area contributed by atoms with Crippen LogP contribution in [0.15, 0.2) is 54.9 Å². The van der Waals surface area contributed by atoms with Crippen molar-refractivity contribution in [2.75, 3.05) is 19.8 Å². The van der Waals surface area contributed by atoms with Gasteiger partial charge in [0.05, 0.1) is 13.2 Å². The lowest BCUT2D eigenvalue weighted by Gasteiger charge is -2.29. The highest BCUT2D eigenvalue weighted by Crippen LogP contribution is 2.29. The molecule has 1 aromatic rings. The second-order valence-corrected chi connectivity index (χ2v) is 7.70.